The van der Waals surface area contributed by atoms with Gasteiger partial charge in [-0.2, -0.15) is 0 Å². The van der Waals surface area contributed by atoms with Crippen molar-refractivity contribution < 1.29 is 0 Å². The van der Waals surface area contributed by atoms with Crippen LogP contribution in [0, 0.1) is 11.3 Å². The quantitative estimate of drug-likeness (QED) is 0.689. The SMILES string of the molecule is CCCC(/C=C(\C)N)C(C)(C)C. The molecule has 0 fully saturated rings. The Morgan fingerprint density at radius 1 is 1.42 bits per heavy atom. The van der Waals surface area contributed by atoms with Gasteiger partial charge in [-0.15, -0.1) is 0 Å². The van der Waals surface area contributed by atoms with Crippen molar-refractivity contribution in [2.45, 2.75) is 47.5 Å². The molecular weight excluding hydrogens is 146 g/mol. The number of nitrogens with two attached hydrogens (primary N) is 1. The van der Waals surface area contributed by atoms with E-state index in [0.717, 1.165) is 5.70 Å². The van der Waals surface area contributed by atoms with Gasteiger partial charge in [0.05, 0.1) is 0 Å². The Balaban J connectivity index is 4.34. The minimum atomic E-state index is 0.344. The van der Waals surface area contributed by atoms with Gasteiger partial charge in [0.1, 0.15) is 0 Å². The molecule has 0 bridgehead atoms. The second-order valence-electron chi connectivity index (χ2n) is 4.67. The number of hydrogen-bond acceptors (Lipinski definition) is 1. The fourth-order valence-electron chi connectivity index (χ4n) is 1.39. The average molecular weight is 169 g/mol. The number of hydrogen-bond donors (Lipinski definition) is 1. The van der Waals surface area contributed by atoms with Crippen LogP contribution in [-0.4, -0.2) is 0 Å². The molecule has 12 heavy (non-hydrogen) atoms. The van der Waals surface area contributed by atoms with E-state index in [9.17, 15) is 0 Å². The van der Waals surface area contributed by atoms with Gasteiger partial charge in [-0.3, -0.25) is 0 Å². The summed E-state index contributed by atoms with van der Waals surface area (Å²) in [6.07, 6.45) is 4.66. The molecule has 1 heteroatoms. The largest absolute Gasteiger partial charge is 0.403 e. The third-order valence-electron chi connectivity index (χ3n) is 2.18. The second kappa shape index (κ2) is 4.54. The smallest absolute Gasteiger partial charge is 0.00113 e. The molecule has 0 aliphatic carbocycles. The monoisotopic (exact) mass is 169 g/mol. The number of rotatable bonds is 3. The van der Waals surface area contributed by atoms with Gasteiger partial charge in [-0.25, -0.2) is 0 Å². The van der Waals surface area contributed by atoms with E-state index in [0.29, 0.717) is 11.3 Å². The van der Waals surface area contributed by atoms with Gasteiger partial charge in [-0.05, 0) is 24.7 Å². The molecule has 0 heterocycles. The Hall–Kier alpha value is -0.460. The van der Waals surface area contributed by atoms with Crippen LogP contribution in [0.15, 0.2) is 11.8 Å². The molecule has 0 aliphatic heterocycles. The van der Waals surface area contributed by atoms with Crippen LogP contribution in [0.4, 0.5) is 0 Å². The molecule has 1 atom stereocenters. The maximum atomic E-state index is 5.68. The highest BCUT2D eigenvalue weighted by molar-refractivity contribution is 4.99. The highest BCUT2D eigenvalue weighted by Crippen LogP contribution is 2.31. The summed E-state index contributed by atoms with van der Waals surface area (Å²) >= 11 is 0. The van der Waals surface area contributed by atoms with E-state index in [1.807, 2.05) is 6.92 Å². The fraction of sp³-hybridized carbons (Fsp3) is 0.818. The summed E-state index contributed by atoms with van der Waals surface area (Å²) in [6.45, 7) is 11.0. The molecule has 0 amide bonds. The molecule has 1 unspecified atom stereocenters. The van der Waals surface area contributed by atoms with Gasteiger partial charge in [0.2, 0.25) is 0 Å². The van der Waals surface area contributed by atoms with Crippen LogP contribution in [0.3, 0.4) is 0 Å². The molecule has 0 aromatic rings. The molecule has 0 aromatic carbocycles. The van der Waals surface area contributed by atoms with Gasteiger partial charge < -0.3 is 5.73 Å². The lowest BCUT2D eigenvalue weighted by Crippen LogP contribution is -2.19. The summed E-state index contributed by atoms with van der Waals surface area (Å²) in [5, 5.41) is 0. The first-order chi connectivity index (χ1) is 5.38. The summed E-state index contributed by atoms with van der Waals surface area (Å²) in [7, 11) is 0. The maximum Gasteiger partial charge on any atom is 0.00113 e. The zero-order chi connectivity index (χ0) is 9.78. The zero-order valence-corrected chi connectivity index (χ0v) is 9.15. The lowest BCUT2D eigenvalue weighted by Gasteiger charge is -2.28. The van der Waals surface area contributed by atoms with Crippen molar-refractivity contribution in [1.29, 1.82) is 0 Å². The van der Waals surface area contributed by atoms with E-state index in [4.69, 9.17) is 5.73 Å². The van der Waals surface area contributed by atoms with Crippen LogP contribution in [0.5, 0.6) is 0 Å². The van der Waals surface area contributed by atoms with Crippen molar-refractivity contribution in [3.8, 4) is 0 Å². The van der Waals surface area contributed by atoms with Gasteiger partial charge in [0.15, 0.2) is 0 Å². The van der Waals surface area contributed by atoms with Crippen LogP contribution in [0.25, 0.3) is 0 Å². The topological polar surface area (TPSA) is 26.0 Å². The van der Waals surface area contributed by atoms with Crippen LogP contribution in [0.2, 0.25) is 0 Å². The average Bonchev–Trinajstić information content (AvgIpc) is 1.83. The molecule has 0 saturated carbocycles. The summed E-state index contributed by atoms with van der Waals surface area (Å²) in [5.74, 6) is 0.618. The van der Waals surface area contributed by atoms with Crippen molar-refractivity contribution in [2.24, 2.45) is 17.1 Å². The Kier molecular flexibility index (Phi) is 4.36. The summed E-state index contributed by atoms with van der Waals surface area (Å²) in [6, 6.07) is 0. The van der Waals surface area contributed by atoms with Gasteiger partial charge in [-0.1, -0.05) is 40.2 Å². The van der Waals surface area contributed by atoms with Crippen LogP contribution in [-0.2, 0) is 0 Å². The predicted molar refractivity (Wildman–Crippen MR) is 55.8 cm³/mol. The lowest BCUT2D eigenvalue weighted by atomic mass is 9.78. The van der Waals surface area contributed by atoms with E-state index in [1.54, 1.807) is 0 Å². The van der Waals surface area contributed by atoms with Gasteiger partial charge in [0.25, 0.3) is 0 Å². The summed E-state index contributed by atoms with van der Waals surface area (Å²) < 4.78 is 0. The first kappa shape index (κ1) is 11.5. The second-order valence-corrected chi connectivity index (χ2v) is 4.67. The van der Waals surface area contributed by atoms with Crippen molar-refractivity contribution in [3.63, 3.8) is 0 Å². The highest BCUT2D eigenvalue weighted by atomic mass is 14.5. The van der Waals surface area contributed by atoms with Crippen LogP contribution < -0.4 is 5.73 Å². The first-order valence-corrected chi connectivity index (χ1v) is 4.81. The van der Waals surface area contributed by atoms with Crippen LogP contribution in [0.1, 0.15) is 47.5 Å². The molecule has 0 rings (SSSR count). The lowest BCUT2D eigenvalue weighted by molar-refractivity contribution is 0.275. The first-order valence-electron chi connectivity index (χ1n) is 4.81. The minimum Gasteiger partial charge on any atom is -0.403 e. The Labute approximate surface area is 77.0 Å². The van der Waals surface area contributed by atoms with Crippen molar-refractivity contribution in [3.05, 3.63) is 11.8 Å². The standard InChI is InChI=1S/C11H23N/c1-6-7-10(8-9(2)12)11(3,4)5/h8,10H,6-7,12H2,1-5H3/b9-8+. The molecule has 0 aliphatic rings. The van der Waals surface area contributed by atoms with Gasteiger partial charge in [0, 0.05) is 5.70 Å². The normalized spacial score (nSPS) is 16.2. The van der Waals surface area contributed by atoms with Crippen molar-refractivity contribution in [1.82, 2.24) is 0 Å². The Morgan fingerprint density at radius 3 is 2.17 bits per heavy atom. The third-order valence-corrected chi connectivity index (χ3v) is 2.18. The molecule has 72 valence electrons. The zero-order valence-electron chi connectivity index (χ0n) is 9.15. The summed E-state index contributed by atoms with van der Waals surface area (Å²) in [5.41, 5.74) is 6.97. The Bertz CT molecular complexity index is 147. The van der Waals surface area contributed by atoms with E-state index < -0.39 is 0 Å². The molecule has 0 spiro atoms. The maximum absolute atomic E-state index is 5.68. The van der Waals surface area contributed by atoms with E-state index in [-0.39, 0.29) is 0 Å². The molecule has 2 N–H and O–H groups in total. The molecule has 1 nitrogen and oxygen atoms in total. The van der Waals surface area contributed by atoms with Crippen molar-refractivity contribution in [2.75, 3.05) is 0 Å². The van der Waals surface area contributed by atoms with Gasteiger partial charge >= 0.3 is 0 Å². The van der Waals surface area contributed by atoms with E-state index in [2.05, 4.69) is 33.8 Å². The predicted octanol–water partition coefficient (Wildman–Crippen LogP) is 3.31. The van der Waals surface area contributed by atoms with E-state index >= 15 is 0 Å². The fourth-order valence-corrected chi connectivity index (χ4v) is 1.39. The Morgan fingerprint density at radius 2 is 1.92 bits per heavy atom. The van der Waals surface area contributed by atoms with E-state index in [1.165, 1.54) is 12.8 Å². The number of allylic oxidation sites excluding steroid dienone is 2. The minimum absolute atomic E-state index is 0.344. The molecular formula is C11H23N. The highest BCUT2D eigenvalue weighted by Gasteiger charge is 2.21. The summed E-state index contributed by atoms with van der Waals surface area (Å²) in [4.78, 5) is 0. The third kappa shape index (κ3) is 4.42. The molecule has 0 saturated heterocycles. The van der Waals surface area contributed by atoms with Crippen molar-refractivity contribution >= 4 is 0 Å². The van der Waals surface area contributed by atoms with Crippen LogP contribution >= 0.6 is 0 Å². The molecule has 0 aromatic heterocycles. The molecule has 0 radical (unpaired) electrons.